The molecule has 4 aromatic rings. The fourth-order valence-electron chi connectivity index (χ4n) is 4.63. The molecule has 0 unspecified atom stereocenters. The van der Waals surface area contributed by atoms with Crippen LogP contribution >= 0.6 is 45.2 Å². The summed E-state index contributed by atoms with van der Waals surface area (Å²) in [5, 5.41) is 19.3. The van der Waals surface area contributed by atoms with Gasteiger partial charge in [0.2, 0.25) is 0 Å². The van der Waals surface area contributed by atoms with Crippen molar-refractivity contribution in [1.82, 2.24) is 39.5 Å². The molecule has 0 fully saturated rings. The van der Waals surface area contributed by atoms with Crippen molar-refractivity contribution < 1.29 is 66.1 Å². The van der Waals surface area contributed by atoms with Crippen molar-refractivity contribution in [2.45, 2.75) is 25.7 Å². The van der Waals surface area contributed by atoms with E-state index < -0.39 is 11.9 Å². The molecule has 2 aliphatic rings. The minimum atomic E-state index is -1.24. The molecule has 4 aromatic heterocycles. The second kappa shape index (κ2) is 11.4. The number of aromatic carboxylic acids is 1. The van der Waals surface area contributed by atoms with Gasteiger partial charge in [-0.1, -0.05) is 0 Å². The summed E-state index contributed by atoms with van der Waals surface area (Å²) in [5.74, 6) is -1.72. The largest absolute Gasteiger partial charge is 1.00 e. The van der Waals surface area contributed by atoms with Crippen LogP contribution in [0.2, 0.25) is 0 Å². The fraction of sp³-hybridized carbons (Fsp3) is 0.273. The molecule has 37 heavy (non-hydrogen) atoms. The summed E-state index contributed by atoms with van der Waals surface area (Å²) >= 11 is 4.11. The van der Waals surface area contributed by atoms with Crippen LogP contribution in [0.1, 0.15) is 43.2 Å². The SMILES string of the molecule is Cn1nc(C(=O)[O-])c2c1-c1nc(I)ncc1CC2.Cn1nc(C(N)=O)c2c1-c1nc(I)ncc1CC2.[K+]. The third-order valence-electron chi connectivity index (χ3n) is 6.12. The van der Waals surface area contributed by atoms with Gasteiger partial charge in [0.15, 0.2) is 13.4 Å². The number of aromatic nitrogens is 8. The molecule has 184 valence electrons. The molecule has 0 radical (unpaired) electrons. The van der Waals surface area contributed by atoms with Crippen molar-refractivity contribution in [2.75, 3.05) is 0 Å². The van der Waals surface area contributed by atoms with Gasteiger partial charge >= 0.3 is 51.4 Å². The van der Waals surface area contributed by atoms with E-state index >= 15 is 0 Å². The molecule has 0 bridgehead atoms. The molecule has 2 aliphatic carbocycles. The minimum absolute atomic E-state index is 0. The zero-order valence-electron chi connectivity index (χ0n) is 20.1. The number of rotatable bonds is 2. The maximum Gasteiger partial charge on any atom is 1.00 e. The van der Waals surface area contributed by atoms with E-state index in [0.717, 1.165) is 58.7 Å². The van der Waals surface area contributed by atoms with E-state index in [0.29, 0.717) is 25.3 Å². The average Bonchev–Trinajstić information content (AvgIpc) is 3.37. The number of halogens is 2. The van der Waals surface area contributed by atoms with Gasteiger partial charge in [-0.25, -0.2) is 19.9 Å². The van der Waals surface area contributed by atoms with Crippen LogP contribution in [0, 0.1) is 7.66 Å². The monoisotopic (exact) mass is 749 g/mol. The van der Waals surface area contributed by atoms with Gasteiger partial charge in [-0.3, -0.25) is 14.2 Å². The number of hydrogen-bond acceptors (Lipinski definition) is 9. The average molecular weight is 749 g/mol. The first-order valence-electron chi connectivity index (χ1n) is 10.8. The number of carbonyl (C=O) groups excluding carboxylic acids is 2. The second-order valence-electron chi connectivity index (χ2n) is 8.28. The Hall–Kier alpha value is -1.38. The Balaban J connectivity index is 0.000000168. The van der Waals surface area contributed by atoms with Gasteiger partial charge in [0.25, 0.3) is 5.91 Å². The molecule has 2 N–H and O–H groups in total. The second-order valence-corrected chi connectivity index (χ2v) is 10.2. The zero-order valence-corrected chi connectivity index (χ0v) is 27.6. The van der Waals surface area contributed by atoms with E-state index in [9.17, 15) is 14.7 Å². The molecule has 6 rings (SSSR count). The van der Waals surface area contributed by atoms with E-state index in [1.807, 2.05) is 28.8 Å². The molecule has 0 saturated carbocycles. The van der Waals surface area contributed by atoms with Crippen molar-refractivity contribution in [3.63, 3.8) is 0 Å². The molecule has 12 nitrogen and oxygen atoms in total. The summed E-state index contributed by atoms with van der Waals surface area (Å²) in [6.45, 7) is 0. The molecular weight excluding hydrogens is 731 g/mol. The van der Waals surface area contributed by atoms with Crippen LogP contribution in [0.25, 0.3) is 22.8 Å². The maximum atomic E-state index is 11.4. The summed E-state index contributed by atoms with van der Waals surface area (Å²) in [5.41, 5.74) is 12.7. The molecule has 15 heteroatoms. The predicted octanol–water partition coefficient (Wildman–Crippen LogP) is -2.37. The summed E-state index contributed by atoms with van der Waals surface area (Å²) < 4.78 is 4.55. The Morgan fingerprint density at radius 3 is 1.70 bits per heavy atom. The quantitative estimate of drug-likeness (QED) is 0.134. The van der Waals surface area contributed by atoms with Crippen molar-refractivity contribution in [3.05, 3.63) is 53.7 Å². The molecule has 4 heterocycles. The number of fused-ring (bicyclic) bond motifs is 6. The number of hydrogen-bond donors (Lipinski definition) is 1. The Morgan fingerprint density at radius 2 is 1.27 bits per heavy atom. The molecule has 0 saturated heterocycles. The van der Waals surface area contributed by atoms with Crippen molar-refractivity contribution in [1.29, 1.82) is 0 Å². The van der Waals surface area contributed by atoms with E-state index in [-0.39, 0.29) is 57.1 Å². The first-order chi connectivity index (χ1) is 17.2. The minimum Gasteiger partial charge on any atom is -0.543 e. The standard InChI is InChI=1S/C11H10IN5O.C11H9IN4O2.K/c1-17-9-6(8(16-17)10(13)18)3-2-5-4-14-11(12)15-7(5)9;1-16-9-6(8(15-16)10(17)18)3-2-5-4-13-11(12)14-7(5)9;/h4H,2-3H2,1H3,(H2,13,18);4H,2-3H2,1H3,(H,17,18);/q;;+1/p-1. The Morgan fingerprint density at radius 1 is 0.838 bits per heavy atom. The number of amides is 1. The number of primary amides is 1. The molecule has 1 amide bonds. The van der Waals surface area contributed by atoms with Crippen LogP contribution in [0.15, 0.2) is 12.4 Å². The number of carboxylic acid groups (broad SMARTS) is 1. The van der Waals surface area contributed by atoms with E-state index in [1.165, 1.54) is 0 Å². The summed E-state index contributed by atoms with van der Waals surface area (Å²) in [6, 6.07) is 0. The summed E-state index contributed by atoms with van der Waals surface area (Å²) in [4.78, 5) is 39.6. The van der Waals surface area contributed by atoms with Crippen LogP contribution in [0.3, 0.4) is 0 Å². The summed E-state index contributed by atoms with van der Waals surface area (Å²) in [7, 11) is 3.52. The molecule has 0 atom stereocenters. The Bertz CT molecular complexity index is 1450. The van der Waals surface area contributed by atoms with E-state index in [1.54, 1.807) is 29.7 Å². The molecule has 0 spiro atoms. The fourth-order valence-corrected chi connectivity index (χ4v) is 5.39. The maximum absolute atomic E-state index is 11.4. The third-order valence-corrected chi connectivity index (χ3v) is 7.16. The Kier molecular flexibility index (Phi) is 8.81. The van der Waals surface area contributed by atoms with E-state index in [4.69, 9.17) is 5.73 Å². The van der Waals surface area contributed by atoms with Gasteiger partial charge in [-0.05, 0) is 36.8 Å². The number of carboxylic acids is 1. The first kappa shape index (κ1) is 28.6. The summed E-state index contributed by atoms with van der Waals surface area (Å²) in [6.07, 6.45) is 6.54. The van der Waals surface area contributed by atoms with Crippen LogP contribution in [0.5, 0.6) is 0 Å². The van der Waals surface area contributed by atoms with Gasteiger partial charge in [-0.15, -0.1) is 0 Å². The number of aryl methyl sites for hydroxylation is 4. The molecule has 0 aliphatic heterocycles. The first-order valence-corrected chi connectivity index (χ1v) is 13.0. The van der Waals surface area contributed by atoms with Crippen LogP contribution in [-0.2, 0) is 39.8 Å². The third kappa shape index (κ3) is 5.40. The van der Waals surface area contributed by atoms with Crippen molar-refractivity contribution in [2.24, 2.45) is 19.8 Å². The molecule has 0 aromatic carbocycles. The van der Waals surface area contributed by atoms with Gasteiger partial charge in [0.05, 0.1) is 28.7 Å². The number of nitrogens with zero attached hydrogens (tertiary/aromatic N) is 8. The van der Waals surface area contributed by atoms with E-state index in [2.05, 4.69) is 52.7 Å². The van der Waals surface area contributed by atoms with Gasteiger partial charge in [0, 0.05) is 82.8 Å². The molecular formula is C22H18I2KN9O3. The normalized spacial score (nSPS) is 12.6. The predicted molar refractivity (Wildman–Crippen MR) is 142 cm³/mol. The number of nitrogens with two attached hydrogens (primary N) is 1. The number of carbonyl (C=O) groups is 2. The van der Waals surface area contributed by atoms with Crippen LogP contribution in [0.4, 0.5) is 0 Å². The van der Waals surface area contributed by atoms with Crippen LogP contribution in [-0.4, -0.2) is 51.4 Å². The Labute approximate surface area is 281 Å². The van der Waals surface area contributed by atoms with Crippen LogP contribution < -0.4 is 62.2 Å². The van der Waals surface area contributed by atoms with Gasteiger partial charge in [-0.2, -0.15) is 10.2 Å². The smallest absolute Gasteiger partial charge is 0.543 e. The van der Waals surface area contributed by atoms with Gasteiger partial charge in [0.1, 0.15) is 5.69 Å². The topological polar surface area (TPSA) is 170 Å². The zero-order chi connectivity index (χ0) is 25.7. The van der Waals surface area contributed by atoms with Crippen molar-refractivity contribution in [3.8, 4) is 22.8 Å². The van der Waals surface area contributed by atoms with Gasteiger partial charge < -0.3 is 15.6 Å². The van der Waals surface area contributed by atoms with Crippen molar-refractivity contribution >= 4 is 57.1 Å².